The maximum atomic E-state index is 6.02. The second-order valence-electron chi connectivity index (χ2n) is 6.38. The Hall–Kier alpha value is -1.22. The molecule has 1 heterocycles. The summed E-state index contributed by atoms with van der Waals surface area (Å²) in [4.78, 5) is 6.88. The molecule has 1 saturated carbocycles. The van der Waals surface area contributed by atoms with Crippen LogP contribution in [-0.2, 0) is 6.42 Å². The Morgan fingerprint density at radius 2 is 2.24 bits per heavy atom. The third-order valence-electron chi connectivity index (χ3n) is 4.95. The van der Waals surface area contributed by atoms with Gasteiger partial charge in [0, 0.05) is 31.7 Å². The summed E-state index contributed by atoms with van der Waals surface area (Å²) >= 11 is 6.02. The molecule has 1 aliphatic carbocycles. The van der Waals surface area contributed by atoms with Crippen molar-refractivity contribution in [2.75, 3.05) is 26.7 Å². The number of hydrogen-bond acceptors (Lipinski definition) is 1. The monoisotopic (exact) mass is 305 g/mol. The Morgan fingerprint density at radius 1 is 1.38 bits per heavy atom. The number of likely N-dealkylation sites (tertiary alicyclic amines) is 1. The number of nitrogens with one attached hydrogen (secondary N) is 1. The van der Waals surface area contributed by atoms with Crippen LogP contribution in [0.1, 0.15) is 31.2 Å². The lowest BCUT2D eigenvalue weighted by molar-refractivity contribution is 0.151. The van der Waals surface area contributed by atoms with Gasteiger partial charge in [-0.15, -0.1) is 0 Å². The zero-order chi connectivity index (χ0) is 14.7. The summed E-state index contributed by atoms with van der Waals surface area (Å²) in [6.07, 6.45) is 6.53. The first-order valence-electron chi connectivity index (χ1n) is 7.91. The predicted octanol–water partition coefficient (Wildman–Crippen LogP) is 3.33. The van der Waals surface area contributed by atoms with Crippen molar-refractivity contribution in [1.82, 2.24) is 10.2 Å². The number of rotatable bonds is 3. The van der Waals surface area contributed by atoms with Crippen LogP contribution in [-0.4, -0.2) is 37.5 Å². The van der Waals surface area contributed by atoms with E-state index < -0.39 is 0 Å². The fourth-order valence-electron chi connectivity index (χ4n) is 3.54. The van der Waals surface area contributed by atoms with E-state index in [2.05, 4.69) is 21.3 Å². The summed E-state index contributed by atoms with van der Waals surface area (Å²) in [6.45, 7) is 3.23. The fourth-order valence-corrected chi connectivity index (χ4v) is 3.76. The Labute approximate surface area is 132 Å². The van der Waals surface area contributed by atoms with E-state index in [1.165, 1.54) is 37.8 Å². The molecule has 0 unspecified atom stereocenters. The van der Waals surface area contributed by atoms with E-state index in [-0.39, 0.29) is 0 Å². The van der Waals surface area contributed by atoms with Crippen LogP contribution < -0.4 is 5.32 Å². The quantitative estimate of drug-likeness (QED) is 0.685. The zero-order valence-electron chi connectivity index (χ0n) is 12.7. The van der Waals surface area contributed by atoms with Gasteiger partial charge in [-0.05, 0) is 48.8 Å². The van der Waals surface area contributed by atoms with Gasteiger partial charge in [-0.25, -0.2) is 0 Å². The summed E-state index contributed by atoms with van der Waals surface area (Å²) in [6, 6.07) is 8.08. The van der Waals surface area contributed by atoms with Gasteiger partial charge in [0.15, 0.2) is 5.96 Å². The Kier molecular flexibility index (Phi) is 4.39. The van der Waals surface area contributed by atoms with Crippen molar-refractivity contribution >= 4 is 17.6 Å². The van der Waals surface area contributed by atoms with Crippen LogP contribution in [0.25, 0.3) is 0 Å². The average molecular weight is 306 g/mol. The highest BCUT2D eigenvalue weighted by atomic mass is 35.5. The van der Waals surface area contributed by atoms with E-state index in [9.17, 15) is 0 Å². The molecule has 0 aromatic heterocycles. The molecule has 21 heavy (non-hydrogen) atoms. The molecule has 2 fully saturated rings. The first kappa shape index (κ1) is 14.7. The van der Waals surface area contributed by atoms with Gasteiger partial charge in [0.1, 0.15) is 0 Å². The fraction of sp³-hybridized carbons (Fsp3) is 0.588. The molecule has 4 heteroatoms. The largest absolute Gasteiger partial charge is 0.356 e. The molecule has 1 aliphatic heterocycles. The molecular formula is C17H24ClN3. The van der Waals surface area contributed by atoms with Crippen molar-refractivity contribution in [1.29, 1.82) is 0 Å². The summed E-state index contributed by atoms with van der Waals surface area (Å²) in [5.41, 5.74) is 1.88. The molecule has 0 atom stereocenters. The third kappa shape index (κ3) is 3.34. The van der Waals surface area contributed by atoms with E-state index in [1.807, 2.05) is 25.2 Å². The average Bonchev–Trinajstić information content (AvgIpc) is 2.89. The van der Waals surface area contributed by atoms with Gasteiger partial charge in [0.05, 0.1) is 0 Å². The molecule has 1 saturated heterocycles. The molecule has 114 valence electrons. The number of benzene rings is 1. The van der Waals surface area contributed by atoms with Gasteiger partial charge < -0.3 is 10.2 Å². The van der Waals surface area contributed by atoms with Gasteiger partial charge in [-0.2, -0.15) is 0 Å². The number of hydrogen-bond donors (Lipinski definition) is 1. The Morgan fingerprint density at radius 3 is 2.86 bits per heavy atom. The second kappa shape index (κ2) is 6.27. The highest BCUT2D eigenvalue weighted by Crippen LogP contribution is 2.47. The molecule has 0 amide bonds. The van der Waals surface area contributed by atoms with E-state index in [4.69, 9.17) is 11.6 Å². The highest BCUT2D eigenvalue weighted by molar-refractivity contribution is 6.30. The highest BCUT2D eigenvalue weighted by Gasteiger charge is 2.43. The molecule has 0 bridgehead atoms. The van der Waals surface area contributed by atoms with Gasteiger partial charge in [0.2, 0.25) is 0 Å². The lowest BCUT2D eigenvalue weighted by Gasteiger charge is -2.38. The van der Waals surface area contributed by atoms with Crippen LogP contribution in [0, 0.1) is 5.41 Å². The van der Waals surface area contributed by atoms with E-state index in [1.54, 1.807) is 0 Å². The van der Waals surface area contributed by atoms with Crippen LogP contribution in [0.3, 0.4) is 0 Å². The van der Waals surface area contributed by atoms with Crippen molar-refractivity contribution in [2.45, 2.75) is 32.1 Å². The topological polar surface area (TPSA) is 27.6 Å². The van der Waals surface area contributed by atoms with E-state index >= 15 is 0 Å². The van der Waals surface area contributed by atoms with Gasteiger partial charge >= 0.3 is 0 Å². The summed E-state index contributed by atoms with van der Waals surface area (Å²) in [5.74, 6) is 1.06. The zero-order valence-corrected chi connectivity index (χ0v) is 13.5. The number of nitrogens with zero attached hydrogens (tertiary/aromatic N) is 2. The minimum Gasteiger partial charge on any atom is -0.356 e. The molecule has 3 rings (SSSR count). The SMILES string of the molecule is CN=C(NCCc1cccc(Cl)c1)N1CCC2(CCC2)C1. The minimum absolute atomic E-state index is 0.616. The van der Waals surface area contributed by atoms with E-state index in [0.717, 1.165) is 30.5 Å². The standard InChI is InChI=1S/C17H24ClN3/c1-19-16(21-11-9-17(13-21)7-3-8-17)20-10-6-14-4-2-5-15(18)12-14/h2,4-5,12H,3,6-11,13H2,1H3,(H,19,20). The van der Waals surface area contributed by atoms with E-state index in [0.29, 0.717) is 5.41 Å². The third-order valence-corrected chi connectivity index (χ3v) is 5.18. The number of guanidine groups is 1. The Balaban J connectivity index is 1.49. The van der Waals surface area contributed by atoms with Crippen LogP contribution in [0.2, 0.25) is 5.02 Å². The normalized spacial score (nSPS) is 20.7. The lowest BCUT2D eigenvalue weighted by atomic mass is 9.68. The maximum absolute atomic E-state index is 6.02. The van der Waals surface area contributed by atoms with Crippen molar-refractivity contribution in [3.63, 3.8) is 0 Å². The first-order valence-corrected chi connectivity index (χ1v) is 8.29. The van der Waals surface area contributed by atoms with Crippen LogP contribution in [0.5, 0.6) is 0 Å². The molecule has 2 aliphatic rings. The van der Waals surface area contributed by atoms with Crippen molar-refractivity contribution in [3.05, 3.63) is 34.9 Å². The van der Waals surface area contributed by atoms with Gasteiger partial charge in [-0.3, -0.25) is 4.99 Å². The van der Waals surface area contributed by atoms with Crippen LogP contribution >= 0.6 is 11.6 Å². The molecule has 1 aromatic carbocycles. The molecule has 3 nitrogen and oxygen atoms in total. The smallest absolute Gasteiger partial charge is 0.193 e. The lowest BCUT2D eigenvalue weighted by Crippen LogP contribution is -2.43. The van der Waals surface area contributed by atoms with Crippen LogP contribution in [0.15, 0.2) is 29.3 Å². The van der Waals surface area contributed by atoms with Crippen molar-refractivity contribution < 1.29 is 0 Å². The Bertz CT molecular complexity index is 523. The molecular weight excluding hydrogens is 282 g/mol. The van der Waals surface area contributed by atoms with Crippen LogP contribution in [0.4, 0.5) is 0 Å². The second-order valence-corrected chi connectivity index (χ2v) is 6.82. The van der Waals surface area contributed by atoms with Gasteiger partial charge in [-0.1, -0.05) is 30.2 Å². The molecule has 1 aromatic rings. The van der Waals surface area contributed by atoms with Crippen molar-refractivity contribution in [3.8, 4) is 0 Å². The summed E-state index contributed by atoms with van der Waals surface area (Å²) in [7, 11) is 1.88. The first-order chi connectivity index (χ1) is 10.2. The molecule has 1 spiro atoms. The van der Waals surface area contributed by atoms with Crippen molar-refractivity contribution in [2.24, 2.45) is 10.4 Å². The summed E-state index contributed by atoms with van der Waals surface area (Å²) in [5, 5.41) is 4.31. The molecule has 0 radical (unpaired) electrons. The number of aliphatic imine (C=N–C) groups is 1. The van der Waals surface area contributed by atoms with Gasteiger partial charge in [0.25, 0.3) is 0 Å². The summed E-state index contributed by atoms with van der Waals surface area (Å²) < 4.78 is 0. The minimum atomic E-state index is 0.616. The number of halogens is 1. The maximum Gasteiger partial charge on any atom is 0.193 e. The molecule has 1 N–H and O–H groups in total. The predicted molar refractivity (Wildman–Crippen MR) is 89.0 cm³/mol.